The average molecular weight is 413 g/mol. The predicted molar refractivity (Wildman–Crippen MR) is 121 cm³/mol. The van der Waals surface area contributed by atoms with Crippen molar-refractivity contribution in [1.82, 2.24) is 4.98 Å². The molecular formula is C23H30N3O2S+. The number of nitrogens with one attached hydrogen (secondary N) is 1. The van der Waals surface area contributed by atoms with Gasteiger partial charge in [0, 0.05) is 5.56 Å². The lowest BCUT2D eigenvalue weighted by Crippen LogP contribution is -3.12. The third kappa shape index (κ3) is 4.60. The highest BCUT2D eigenvalue weighted by molar-refractivity contribution is 7.22. The second-order valence-corrected chi connectivity index (χ2v) is 8.29. The SMILES string of the molecule is CC[NH+](CC)CCN(C(=O)c1ccc(C)cc1C)c1nc2c(OC)cccc2s1. The summed E-state index contributed by atoms with van der Waals surface area (Å²) in [7, 11) is 1.65. The molecule has 29 heavy (non-hydrogen) atoms. The average Bonchev–Trinajstić information content (AvgIpc) is 3.14. The van der Waals surface area contributed by atoms with E-state index in [9.17, 15) is 4.79 Å². The maximum Gasteiger partial charge on any atom is 0.260 e. The van der Waals surface area contributed by atoms with Crippen molar-refractivity contribution in [3.05, 3.63) is 53.1 Å². The third-order valence-electron chi connectivity index (χ3n) is 5.37. The first-order valence-corrected chi connectivity index (χ1v) is 11.0. The summed E-state index contributed by atoms with van der Waals surface area (Å²) in [6.45, 7) is 12.0. The number of hydrogen-bond donors (Lipinski definition) is 1. The highest BCUT2D eigenvalue weighted by atomic mass is 32.1. The molecule has 0 aliphatic carbocycles. The van der Waals surface area contributed by atoms with Crippen LogP contribution in [0.5, 0.6) is 5.75 Å². The van der Waals surface area contributed by atoms with E-state index in [2.05, 4.69) is 19.9 Å². The topological polar surface area (TPSA) is 46.9 Å². The molecule has 0 unspecified atom stereocenters. The number of rotatable bonds is 8. The molecule has 2 aromatic carbocycles. The van der Waals surface area contributed by atoms with Crippen molar-refractivity contribution in [3.63, 3.8) is 0 Å². The summed E-state index contributed by atoms with van der Waals surface area (Å²) in [6, 6.07) is 11.9. The minimum Gasteiger partial charge on any atom is -0.494 e. The minimum absolute atomic E-state index is 0.00655. The van der Waals surface area contributed by atoms with Crippen LogP contribution in [0, 0.1) is 13.8 Å². The van der Waals surface area contributed by atoms with Gasteiger partial charge in [0.25, 0.3) is 5.91 Å². The number of amides is 1. The second kappa shape index (κ2) is 9.37. The lowest BCUT2D eigenvalue weighted by atomic mass is 10.0. The molecule has 0 saturated carbocycles. The van der Waals surface area contributed by atoms with Gasteiger partial charge in [0.05, 0.1) is 38.0 Å². The molecule has 0 radical (unpaired) electrons. The zero-order chi connectivity index (χ0) is 21.0. The molecule has 0 spiro atoms. The molecule has 6 heteroatoms. The standard InChI is InChI=1S/C23H29N3O2S/c1-6-25(7-2)13-14-26(22(27)18-12-11-16(3)15-17(18)4)23-24-21-19(28-5)9-8-10-20(21)29-23/h8-12,15H,6-7,13-14H2,1-5H3/p+1. The first-order chi connectivity index (χ1) is 14.0. The Morgan fingerprint density at radius 2 is 1.93 bits per heavy atom. The van der Waals surface area contributed by atoms with Crippen molar-refractivity contribution < 1.29 is 14.4 Å². The number of hydrogen-bond acceptors (Lipinski definition) is 4. The number of thiazole rings is 1. The molecule has 0 saturated heterocycles. The van der Waals surface area contributed by atoms with Crippen LogP contribution < -0.4 is 14.5 Å². The molecular weight excluding hydrogens is 382 g/mol. The fraction of sp³-hybridized carbons (Fsp3) is 0.391. The second-order valence-electron chi connectivity index (χ2n) is 7.29. The Kier molecular flexibility index (Phi) is 6.87. The molecule has 0 aliphatic rings. The normalized spacial score (nSPS) is 11.2. The number of quaternary nitrogens is 1. The number of nitrogens with zero attached hydrogens (tertiary/aromatic N) is 2. The largest absolute Gasteiger partial charge is 0.494 e. The van der Waals surface area contributed by atoms with Gasteiger partial charge in [-0.1, -0.05) is 35.1 Å². The van der Waals surface area contributed by atoms with Crippen LogP contribution in [0.3, 0.4) is 0 Å². The maximum absolute atomic E-state index is 13.5. The van der Waals surface area contributed by atoms with Crippen LogP contribution in [0.15, 0.2) is 36.4 Å². The smallest absolute Gasteiger partial charge is 0.260 e. The highest BCUT2D eigenvalue weighted by Crippen LogP contribution is 2.34. The molecule has 1 N–H and O–H groups in total. The molecule has 0 fully saturated rings. The van der Waals surface area contributed by atoms with Gasteiger partial charge in [0.1, 0.15) is 11.3 Å². The number of aryl methyl sites for hydroxylation is 2. The van der Waals surface area contributed by atoms with Gasteiger partial charge in [-0.25, -0.2) is 4.98 Å². The number of carbonyl (C=O) groups is 1. The van der Waals surface area contributed by atoms with Gasteiger partial charge >= 0.3 is 0 Å². The highest BCUT2D eigenvalue weighted by Gasteiger charge is 2.24. The van der Waals surface area contributed by atoms with Crippen molar-refractivity contribution in [1.29, 1.82) is 0 Å². The van der Waals surface area contributed by atoms with Gasteiger partial charge in [-0.2, -0.15) is 0 Å². The number of para-hydroxylation sites is 1. The molecule has 0 atom stereocenters. The molecule has 3 rings (SSSR count). The number of anilines is 1. The Hall–Kier alpha value is -2.44. The first kappa shape index (κ1) is 21.3. The third-order valence-corrected chi connectivity index (χ3v) is 6.41. The molecule has 1 heterocycles. The van der Waals surface area contributed by atoms with Gasteiger partial charge in [-0.05, 0) is 51.5 Å². The lowest BCUT2D eigenvalue weighted by Gasteiger charge is -2.23. The van der Waals surface area contributed by atoms with E-state index >= 15 is 0 Å². The van der Waals surface area contributed by atoms with Crippen molar-refractivity contribution >= 4 is 32.6 Å². The molecule has 5 nitrogen and oxygen atoms in total. The number of fused-ring (bicyclic) bond motifs is 1. The van der Waals surface area contributed by atoms with Crippen LogP contribution in [0.4, 0.5) is 5.13 Å². The van der Waals surface area contributed by atoms with E-state index < -0.39 is 0 Å². The van der Waals surface area contributed by atoms with Crippen LogP contribution in [0.25, 0.3) is 10.2 Å². The maximum atomic E-state index is 13.5. The Morgan fingerprint density at radius 3 is 2.59 bits per heavy atom. The quantitative estimate of drug-likeness (QED) is 0.616. The number of carbonyl (C=O) groups excluding carboxylic acids is 1. The monoisotopic (exact) mass is 412 g/mol. The number of methoxy groups -OCH3 is 1. The molecule has 0 bridgehead atoms. The van der Waals surface area contributed by atoms with Crippen molar-refractivity contribution in [2.24, 2.45) is 0 Å². The van der Waals surface area contributed by atoms with Gasteiger partial charge in [0.15, 0.2) is 5.13 Å². The van der Waals surface area contributed by atoms with E-state index in [4.69, 9.17) is 9.72 Å². The van der Waals surface area contributed by atoms with Crippen molar-refractivity contribution in [3.8, 4) is 5.75 Å². The number of benzene rings is 2. The first-order valence-electron chi connectivity index (χ1n) is 10.1. The predicted octanol–water partition coefficient (Wildman–Crippen LogP) is 3.49. The zero-order valence-corrected chi connectivity index (χ0v) is 18.7. The van der Waals surface area contributed by atoms with E-state index in [1.54, 1.807) is 7.11 Å². The lowest BCUT2D eigenvalue weighted by molar-refractivity contribution is -0.894. The number of aromatic nitrogens is 1. The summed E-state index contributed by atoms with van der Waals surface area (Å²) >= 11 is 1.54. The van der Waals surface area contributed by atoms with Gasteiger partial charge in [-0.3, -0.25) is 9.69 Å². The molecule has 3 aromatic rings. The van der Waals surface area contributed by atoms with Crippen LogP contribution >= 0.6 is 11.3 Å². The van der Waals surface area contributed by atoms with E-state index in [-0.39, 0.29) is 5.91 Å². The summed E-state index contributed by atoms with van der Waals surface area (Å²) in [4.78, 5) is 21.6. The van der Waals surface area contributed by atoms with Crippen LogP contribution in [0.1, 0.15) is 35.3 Å². The number of likely N-dealkylation sites (N-methyl/N-ethyl adjacent to an activating group) is 1. The number of ether oxygens (including phenoxy) is 1. The van der Waals surface area contributed by atoms with Gasteiger partial charge < -0.3 is 9.64 Å². The van der Waals surface area contributed by atoms with Crippen LogP contribution in [-0.2, 0) is 0 Å². The van der Waals surface area contributed by atoms with Crippen LogP contribution in [0.2, 0.25) is 0 Å². The van der Waals surface area contributed by atoms with Gasteiger partial charge in [0.2, 0.25) is 0 Å². The Morgan fingerprint density at radius 1 is 1.17 bits per heavy atom. The minimum atomic E-state index is 0.00655. The van der Waals surface area contributed by atoms with Gasteiger partial charge in [-0.15, -0.1) is 0 Å². The summed E-state index contributed by atoms with van der Waals surface area (Å²) < 4.78 is 6.49. The molecule has 154 valence electrons. The fourth-order valence-electron chi connectivity index (χ4n) is 3.55. The summed E-state index contributed by atoms with van der Waals surface area (Å²) in [5.74, 6) is 0.741. The Balaban J connectivity index is 2.01. The zero-order valence-electron chi connectivity index (χ0n) is 17.9. The molecule has 0 aliphatic heterocycles. The van der Waals surface area contributed by atoms with Crippen molar-refractivity contribution in [2.75, 3.05) is 38.2 Å². The fourth-order valence-corrected chi connectivity index (χ4v) is 4.56. The molecule has 1 aromatic heterocycles. The summed E-state index contributed by atoms with van der Waals surface area (Å²) in [6.07, 6.45) is 0. The Bertz CT molecular complexity index is 995. The van der Waals surface area contributed by atoms with E-state index in [1.807, 2.05) is 49.1 Å². The molecule has 1 amide bonds. The van der Waals surface area contributed by atoms with E-state index in [0.29, 0.717) is 6.54 Å². The summed E-state index contributed by atoms with van der Waals surface area (Å²) in [5.41, 5.74) is 3.69. The Labute approximate surface area is 176 Å². The summed E-state index contributed by atoms with van der Waals surface area (Å²) in [5, 5.41) is 0.723. The van der Waals surface area contributed by atoms with E-state index in [1.165, 1.54) is 16.2 Å². The van der Waals surface area contributed by atoms with Crippen LogP contribution in [-0.4, -0.2) is 44.2 Å². The van der Waals surface area contributed by atoms with E-state index in [0.717, 1.165) is 57.4 Å². The van der Waals surface area contributed by atoms with Crippen molar-refractivity contribution in [2.45, 2.75) is 27.7 Å².